The maximum absolute atomic E-state index is 7.40. The van der Waals surface area contributed by atoms with Crippen molar-refractivity contribution in [1.29, 1.82) is 0 Å². The van der Waals surface area contributed by atoms with Crippen molar-refractivity contribution < 1.29 is 4.42 Å². The molecule has 1 N–H and O–H groups in total. The number of thiophene rings is 1. The molecule has 0 unspecified atom stereocenters. The maximum atomic E-state index is 7.40. The van der Waals surface area contributed by atoms with Crippen LogP contribution in [0.4, 0.5) is 11.4 Å². The van der Waals surface area contributed by atoms with Crippen LogP contribution in [0.1, 0.15) is 104 Å². The first-order chi connectivity index (χ1) is 33.9. The molecule has 0 saturated carbocycles. The van der Waals surface area contributed by atoms with Gasteiger partial charge in [-0.15, -0.1) is 11.3 Å². The molecule has 11 aromatic rings. The van der Waals surface area contributed by atoms with E-state index in [0.717, 1.165) is 48.0 Å². The van der Waals surface area contributed by atoms with Gasteiger partial charge in [-0.3, -0.25) is 0 Å². The van der Waals surface area contributed by atoms with Gasteiger partial charge in [0.1, 0.15) is 11.2 Å². The number of nitrogens with one attached hydrogen (secondary N) is 1. The van der Waals surface area contributed by atoms with Gasteiger partial charge in [-0.1, -0.05) is 172 Å². The highest BCUT2D eigenvalue weighted by atomic mass is 32.1. The number of aromatic nitrogens is 1. The van der Waals surface area contributed by atoms with Crippen LogP contribution in [0.25, 0.3) is 92.2 Å². The van der Waals surface area contributed by atoms with Crippen LogP contribution in [-0.2, 0) is 21.7 Å². The Bertz CT molecular complexity index is 3980. The number of hydrogen-bond acceptors (Lipinski definition) is 3. The number of anilines is 2. The molecule has 3 aromatic heterocycles. The fraction of sp³-hybridized carbons (Fsp3) is 0.242. The van der Waals surface area contributed by atoms with E-state index in [1.165, 1.54) is 109 Å². The highest BCUT2D eigenvalue weighted by molar-refractivity contribution is 7.23. The average molecular weight is 941 g/mol. The van der Waals surface area contributed by atoms with E-state index in [1.807, 2.05) is 11.3 Å². The largest absolute Gasteiger partial charge is 0.455 e. The average Bonchev–Trinajstić information content (AvgIpc) is 4.03. The second-order valence-electron chi connectivity index (χ2n) is 24.1. The van der Waals surface area contributed by atoms with E-state index < -0.39 is 0 Å². The molecule has 1 aliphatic carbocycles. The number of rotatable bonds is 5. The van der Waals surface area contributed by atoms with Gasteiger partial charge in [-0.05, 0) is 128 Å². The van der Waals surface area contributed by atoms with Crippen molar-refractivity contribution in [3.05, 3.63) is 174 Å². The van der Waals surface area contributed by atoms with Crippen molar-refractivity contribution >= 4 is 94.7 Å². The number of para-hydroxylation sites is 1. The lowest BCUT2D eigenvalue weighted by Crippen LogP contribution is -2.37. The molecule has 0 spiro atoms. The quantitative estimate of drug-likeness (QED) is 0.174. The van der Waals surface area contributed by atoms with Crippen LogP contribution < -0.4 is 16.2 Å². The van der Waals surface area contributed by atoms with Crippen LogP contribution >= 0.6 is 11.3 Å². The van der Waals surface area contributed by atoms with Gasteiger partial charge in [0.2, 0.25) is 0 Å². The van der Waals surface area contributed by atoms with Gasteiger partial charge in [-0.2, -0.15) is 0 Å². The summed E-state index contributed by atoms with van der Waals surface area (Å²) in [7, 11) is 0.761. The molecule has 0 saturated heterocycles. The molecule has 0 radical (unpaired) electrons. The first kappa shape index (κ1) is 44.1. The Morgan fingerprint density at radius 2 is 1.23 bits per heavy atom. The Kier molecular flexibility index (Phi) is 9.54. The third-order valence-corrected chi connectivity index (χ3v) is 17.6. The van der Waals surface area contributed by atoms with Crippen LogP contribution in [-0.4, -0.2) is 11.8 Å². The van der Waals surface area contributed by atoms with Crippen molar-refractivity contribution in [2.45, 2.75) is 104 Å². The third kappa shape index (κ3) is 6.82. The van der Waals surface area contributed by atoms with Crippen LogP contribution in [0, 0.1) is 0 Å². The predicted molar refractivity (Wildman–Crippen MR) is 309 cm³/mol. The molecule has 13 rings (SSSR count). The fourth-order valence-corrected chi connectivity index (χ4v) is 13.5. The van der Waals surface area contributed by atoms with Gasteiger partial charge >= 0.3 is 0 Å². The SMILES string of the molecule is CC(C)(C)c1ccc(Nc2cc3c(cc2-c2c4c5c(c6cc(C(C)(C)C)ccc6n5-c5cc6c(-c7ccccc7)c(-c7ccccc7)sc6cc5B4)c4c2oc2ccccc24)C(C)(C)CCC3(C)C)cc1. The van der Waals surface area contributed by atoms with E-state index in [2.05, 4.69) is 231 Å². The number of nitrogens with zero attached hydrogens (tertiary/aromatic N) is 1. The van der Waals surface area contributed by atoms with Crippen LogP contribution in [0.15, 0.2) is 156 Å². The predicted octanol–water partition coefficient (Wildman–Crippen LogP) is 17.3. The minimum absolute atomic E-state index is 0.0105. The zero-order valence-electron chi connectivity index (χ0n) is 42.8. The van der Waals surface area contributed by atoms with E-state index in [-0.39, 0.29) is 21.7 Å². The van der Waals surface area contributed by atoms with Gasteiger partial charge in [0.25, 0.3) is 0 Å². The van der Waals surface area contributed by atoms with Crippen LogP contribution in [0.2, 0.25) is 0 Å². The first-order valence-electron chi connectivity index (χ1n) is 25.7. The van der Waals surface area contributed by atoms with Gasteiger partial charge in [0.15, 0.2) is 7.28 Å². The second-order valence-corrected chi connectivity index (χ2v) is 25.1. The van der Waals surface area contributed by atoms with Gasteiger partial charge < -0.3 is 14.3 Å². The fourth-order valence-electron chi connectivity index (χ4n) is 12.3. The van der Waals surface area contributed by atoms with Gasteiger partial charge in [0.05, 0.1) is 11.0 Å². The van der Waals surface area contributed by atoms with E-state index in [0.29, 0.717) is 0 Å². The van der Waals surface area contributed by atoms with E-state index in [1.54, 1.807) is 0 Å². The summed E-state index contributed by atoms with van der Waals surface area (Å²) in [5, 5.41) is 10.3. The lowest BCUT2D eigenvalue weighted by molar-refractivity contribution is 0.332. The molecule has 0 bridgehead atoms. The molecule has 3 nitrogen and oxygen atoms in total. The lowest BCUT2D eigenvalue weighted by Gasteiger charge is -2.42. The Morgan fingerprint density at radius 3 is 1.92 bits per heavy atom. The highest BCUT2D eigenvalue weighted by Gasteiger charge is 2.40. The molecule has 1 aliphatic heterocycles. The molecule has 350 valence electrons. The summed E-state index contributed by atoms with van der Waals surface area (Å²) in [5.41, 5.74) is 22.2. The molecule has 0 atom stereocenters. The molecular formula is C66H61BN2OS. The molecule has 0 fully saturated rings. The number of hydrogen-bond donors (Lipinski definition) is 1. The monoisotopic (exact) mass is 940 g/mol. The maximum Gasteiger partial charge on any atom is 0.198 e. The number of furan rings is 1. The molecule has 8 aromatic carbocycles. The minimum atomic E-state index is -0.0440. The summed E-state index contributed by atoms with van der Waals surface area (Å²) in [6.45, 7) is 23.6. The number of fused-ring (bicyclic) bond motifs is 11. The summed E-state index contributed by atoms with van der Waals surface area (Å²) in [6, 6.07) is 57.3. The summed E-state index contributed by atoms with van der Waals surface area (Å²) in [5.74, 6) is 0. The standard InChI is InChI=1S/C66H61BN2OS/c1-63(2,3)40-25-28-42(29-26-40)68-50-36-48-47(65(7,8)31-32-66(48,9)10)34-44(50)58-59-60-56(57-43-23-17-18-24-53(43)70-61(57)58)45-33-41(64(4,5)6)27-30-51(45)69(60)52-35-46-54(37-49(52)67-59)71-62(39-21-15-12-16-22-39)55(46)38-19-13-11-14-20-38/h11-30,33-37,67-68H,31-32H2,1-10H3. The van der Waals surface area contributed by atoms with E-state index in [9.17, 15) is 0 Å². The summed E-state index contributed by atoms with van der Waals surface area (Å²) >= 11 is 1.92. The summed E-state index contributed by atoms with van der Waals surface area (Å²) in [6.07, 6.45) is 2.27. The molecule has 2 aliphatic rings. The zero-order valence-corrected chi connectivity index (χ0v) is 43.6. The number of benzene rings is 8. The highest BCUT2D eigenvalue weighted by Crippen LogP contribution is 2.53. The van der Waals surface area contributed by atoms with Gasteiger partial charge in [-0.25, -0.2) is 0 Å². The van der Waals surface area contributed by atoms with Crippen molar-refractivity contribution in [2.75, 3.05) is 5.32 Å². The normalized spacial score (nSPS) is 15.1. The van der Waals surface area contributed by atoms with E-state index in [4.69, 9.17) is 4.42 Å². The van der Waals surface area contributed by atoms with Crippen molar-refractivity contribution in [3.63, 3.8) is 0 Å². The van der Waals surface area contributed by atoms with Crippen molar-refractivity contribution in [2.24, 2.45) is 0 Å². The summed E-state index contributed by atoms with van der Waals surface area (Å²) < 4.78 is 11.4. The first-order valence-corrected chi connectivity index (χ1v) is 26.5. The topological polar surface area (TPSA) is 30.1 Å². The molecular weight excluding hydrogens is 880 g/mol. The Labute approximate surface area is 422 Å². The van der Waals surface area contributed by atoms with Crippen LogP contribution in [0.3, 0.4) is 0 Å². The zero-order chi connectivity index (χ0) is 48.9. The lowest BCUT2D eigenvalue weighted by atomic mass is 9.58. The van der Waals surface area contributed by atoms with Gasteiger partial charge in [0, 0.05) is 70.3 Å². The van der Waals surface area contributed by atoms with Crippen molar-refractivity contribution in [1.82, 2.24) is 4.57 Å². The third-order valence-electron chi connectivity index (χ3n) is 16.4. The second kappa shape index (κ2) is 15.3. The van der Waals surface area contributed by atoms with E-state index >= 15 is 0 Å². The molecule has 0 amide bonds. The Balaban J connectivity index is 1.18. The Morgan fingerprint density at radius 1 is 0.592 bits per heavy atom. The minimum Gasteiger partial charge on any atom is -0.455 e. The molecule has 5 heteroatoms. The Hall–Kier alpha value is -6.82. The van der Waals surface area contributed by atoms with Crippen molar-refractivity contribution in [3.8, 4) is 38.4 Å². The van der Waals surface area contributed by atoms with Crippen LogP contribution in [0.5, 0.6) is 0 Å². The molecule has 4 heterocycles. The summed E-state index contributed by atoms with van der Waals surface area (Å²) in [4.78, 5) is 1.31. The molecule has 71 heavy (non-hydrogen) atoms. The smallest absolute Gasteiger partial charge is 0.198 e.